The van der Waals surface area contributed by atoms with Gasteiger partial charge < -0.3 is 32.7 Å². The monoisotopic (exact) mass is 472 g/mol. The van der Waals surface area contributed by atoms with Gasteiger partial charge in [0, 0.05) is 56.9 Å². The van der Waals surface area contributed by atoms with Gasteiger partial charge in [0.1, 0.15) is 0 Å². The average molecular weight is 473 g/mol. The number of hydrogen-bond donors (Lipinski definition) is 4. The zero-order chi connectivity index (χ0) is 25.1. The third-order valence-electron chi connectivity index (χ3n) is 5.88. The summed E-state index contributed by atoms with van der Waals surface area (Å²) in [4.78, 5) is 4.25. The number of hydrogen-bond acceptors (Lipinski definition) is 6. The fourth-order valence-electron chi connectivity index (χ4n) is 4.30. The maximum absolute atomic E-state index is 6.12. The molecule has 0 amide bonds. The van der Waals surface area contributed by atoms with Crippen molar-refractivity contribution in [3.05, 3.63) is 121 Å². The Balaban J connectivity index is 1.61. The van der Waals surface area contributed by atoms with Gasteiger partial charge in [-0.1, -0.05) is 24.3 Å². The lowest BCUT2D eigenvalue weighted by Gasteiger charge is -2.28. The van der Waals surface area contributed by atoms with Crippen molar-refractivity contribution < 1.29 is 0 Å². The molecule has 6 nitrogen and oxygen atoms in total. The SMILES string of the molecule is Nc1cccc(N(c2ccc(N(c3cccc(N)c3)c3cccc(N)c3)cc2)c2cccc(N)c2)c1. The van der Waals surface area contributed by atoms with Crippen LogP contribution in [0.2, 0.25) is 0 Å². The molecule has 0 bridgehead atoms. The van der Waals surface area contributed by atoms with Crippen molar-refractivity contribution in [1.29, 1.82) is 0 Å². The van der Waals surface area contributed by atoms with Gasteiger partial charge >= 0.3 is 0 Å². The number of nitrogen functional groups attached to an aromatic ring is 4. The molecule has 5 aromatic carbocycles. The molecule has 0 saturated carbocycles. The van der Waals surface area contributed by atoms with Crippen LogP contribution in [-0.4, -0.2) is 0 Å². The number of benzene rings is 5. The van der Waals surface area contributed by atoms with Gasteiger partial charge in [-0.3, -0.25) is 0 Å². The predicted octanol–water partition coefficient (Wildman–Crippen LogP) is 6.96. The van der Waals surface area contributed by atoms with Crippen LogP contribution in [-0.2, 0) is 0 Å². The summed E-state index contributed by atoms with van der Waals surface area (Å²) in [6, 6.07) is 39.5. The normalized spacial score (nSPS) is 10.7. The van der Waals surface area contributed by atoms with Gasteiger partial charge in [0.15, 0.2) is 0 Å². The number of anilines is 10. The van der Waals surface area contributed by atoms with Crippen LogP contribution in [0, 0.1) is 0 Å². The van der Waals surface area contributed by atoms with E-state index in [1.54, 1.807) is 0 Å². The fraction of sp³-hybridized carbons (Fsp3) is 0. The lowest BCUT2D eigenvalue weighted by Crippen LogP contribution is -2.13. The molecule has 0 spiro atoms. The summed E-state index contributed by atoms with van der Waals surface area (Å²) in [5, 5.41) is 0. The second-order valence-corrected chi connectivity index (χ2v) is 8.57. The van der Waals surface area contributed by atoms with Crippen molar-refractivity contribution in [2.45, 2.75) is 0 Å². The zero-order valence-corrected chi connectivity index (χ0v) is 19.8. The highest BCUT2D eigenvalue weighted by molar-refractivity contribution is 5.83. The molecule has 36 heavy (non-hydrogen) atoms. The van der Waals surface area contributed by atoms with E-state index in [2.05, 4.69) is 34.1 Å². The van der Waals surface area contributed by atoms with E-state index >= 15 is 0 Å². The first-order valence-electron chi connectivity index (χ1n) is 11.6. The fourth-order valence-corrected chi connectivity index (χ4v) is 4.30. The Morgan fingerprint density at radius 1 is 0.306 bits per heavy atom. The van der Waals surface area contributed by atoms with Crippen LogP contribution in [0.3, 0.4) is 0 Å². The van der Waals surface area contributed by atoms with Crippen LogP contribution in [0.4, 0.5) is 56.9 Å². The van der Waals surface area contributed by atoms with E-state index in [0.717, 1.165) is 34.1 Å². The molecule has 5 aromatic rings. The molecule has 0 atom stereocenters. The molecule has 6 heteroatoms. The lowest BCUT2D eigenvalue weighted by atomic mass is 10.1. The summed E-state index contributed by atoms with van der Waals surface area (Å²) in [6.45, 7) is 0. The highest BCUT2D eigenvalue weighted by Crippen LogP contribution is 2.40. The number of rotatable bonds is 6. The van der Waals surface area contributed by atoms with E-state index < -0.39 is 0 Å². The maximum atomic E-state index is 6.12. The van der Waals surface area contributed by atoms with Crippen LogP contribution in [0.15, 0.2) is 121 Å². The van der Waals surface area contributed by atoms with Crippen molar-refractivity contribution in [2.24, 2.45) is 0 Å². The highest BCUT2D eigenvalue weighted by Gasteiger charge is 2.16. The Morgan fingerprint density at radius 3 is 0.778 bits per heavy atom. The topological polar surface area (TPSA) is 111 Å². The van der Waals surface area contributed by atoms with Crippen LogP contribution < -0.4 is 32.7 Å². The number of nitrogens with zero attached hydrogens (tertiary/aromatic N) is 2. The Labute approximate surface area is 211 Å². The smallest absolute Gasteiger partial charge is 0.0482 e. The van der Waals surface area contributed by atoms with Crippen molar-refractivity contribution >= 4 is 56.9 Å². The minimum absolute atomic E-state index is 0.688. The Hall–Kier alpha value is -5.10. The minimum atomic E-state index is 0.688. The van der Waals surface area contributed by atoms with Gasteiger partial charge in [0.05, 0.1) is 0 Å². The molecule has 5 rings (SSSR count). The Kier molecular flexibility index (Phi) is 6.07. The highest BCUT2D eigenvalue weighted by atomic mass is 15.2. The molecule has 0 fully saturated rings. The summed E-state index contributed by atoms with van der Waals surface area (Å²) < 4.78 is 0. The van der Waals surface area contributed by atoms with E-state index in [0.29, 0.717) is 22.7 Å². The van der Waals surface area contributed by atoms with Gasteiger partial charge in [0.2, 0.25) is 0 Å². The molecular weight excluding hydrogens is 444 g/mol. The molecule has 0 heterocycles. The van der Waals surface area contributed by atoms with Crippen molar-refractivity contribution in [3.8, 4) is 0 Å². The van der Waals surface area contributed by atoms with E-state index in [1.165, 1.54) is 0 Å². The predicted molar refractivity (Wildman–Crippen MR) is 153 cm³/mol. The second kappa shape index (κ2) is 9.64. The molecule has 0 unspecified atom stereocenters. The van der Waals surface area contributed by atoms with Crippen LogP contribution in [0.25, 0.3) is 0 Å². The van der Waals surface area contributed by atoms with E-state index in [4.69, 9.17) is 22.9 Å². The van der Waals surface area contributed by atoms with Gasteiger partial charge in [-0.05, 0) is 97.1 Å². The first-order valence-corrected chi connectivity index (χ1v) is 11.6. The van der Waals surface area contributed by atoms with E-state index in [9.17, 15) is 0 Å². The first kappa shape index (κ1) is 22.7. The summed E-state index contributed by atoms with van der Waals surface area (Å²) in [6.07, 6.45) is 0. The standard InChI is InChI=1S/C30H28N6/c31-21-5-1-9-27(17-21)35(28-10-2-6-22(32)18-28)25-13-15-26(16-14-25)36(29-11-3-7-23(33)19-29)30-12-4-8-24(34)20-30/h1-20H,31-34H2. The van der Waals surface area contributed by atoms with Crippen LogP contribution >= 0.6 is 0 Å². The zero-order valence-electron chi connectivity index (χ0n) is 19.8. The molecule has 0 aliphatic heterocycles. The van der Waals surface area contributed by atoms with Crippen molar-refractivity contribution in [2.75, 3.05) is 32.7 Å². The van der Waals surface area contributed by atoms with Gasteiger partial charge in [0.25, 0.3) is 0 Å². The molecule has 0 aliphatic carbocycles. The molecule has 0 aromatic heterocycles. The molecule has 0 saturated heterocycles. The third kappa shape index (κ3) is 4.74. The summed E-state index contributed by atoms with van der Waals surface area (Å²) >= 11 is 0. The summed E-state index contributed by atoms with van der Waals surface area (Å²) in [5.74, 6) is 0. The van der Waals surface area contributed by atoms with Crippen LogP contribution in [0.1, 0.15) is 0 Å². The largest absolute Gasteiger partial charge is 0.399 e. The van der Waals surface area contributed by atoms with E-state index in [1.807, 2.05) is 97.1 Å². The second-order valence-electron chi connectivity index (χ2n) is 8.57. The Morgan fingerprint density at radius 2 is 0.556 bits per heavy atom. The molecule has 8 N–H and O–H groups in total. The summed E-state index contributed by atoms with van der Waals surface area (Å²) in [7, 11) is 0. The number of nitrogens with two attached hydrogens (primary N) is 4. The molecule has 0 radical (unpaired) electrons. The van der Waals surface area contributed by atoms with Gasteiger partial charge in [-0.2, -0.15) is 0 Å². The minimum Gasteiger partial charge on any atom is -0.399 e. The van der Waals surface area contributed by atoms with Crippen molar-refractivity contribution in [3.63, 3.8) is 0 Å². The van der Waals surface area contributed by atoms with Gasteiger partial charge in [-0.15, -0.1) is 0 Å². The average Bonchev–Trinajstić information content (AvgIpc) is 2.86. The Bertz CT molecular complexity index is 1290. The quantitative estimate of drug-likeness (QED) is 0.199. The van der Waals surface area contributed by atoms with Gasteiger partial charge in [-0.25, -0.2) is 0 Å². The molecular formula is C30H28N6. The maximum Gasteiger partial charge on any atom is 0.0482 e. The van der Waals surface area contributed by atoms with Crippen molar-refractivity contribution in [1.82, 2.24) is 0 Å². The van der Waals surface area contributed by atoms with E-state index in [-0.39, 0.29) is 0 Å². The lowest BCUT2D eigenvalue weighted by molar-refractivity contribution is 1.26. The third-order valence-corrected chi connectivity index (χ3v) is 5.88. The molecule has 178 valence electrons. The van der Waals surface area contributed by atoms with Crippen LogP contribution in [0.5, 0.6) is 0 Å². The first-order chi connectivity index (χ1) is 17.5. The summed E-state index contributed by atoms with van der Waals surface area (Å²) in [5.41, 5.74) is 32.9. The molecule has 0 aliphatic rings.